The molecular weight excluding hydrogens is 268 g/mol. The first-order valence-corrected chi connectivity index (χ1v) is 7.28. The van der Waals surface area contributed by atoms with Crippen LogP contribution in [0.2, 0.25) is 0 Å². The minimum absolute atomic E-state index is 0.0126. The summed E-state index contributed by atoms with van der Waals surface area (Å²) in [6.45, 7) is 5.14. The molecule has 1 aromatic carbocycles. The van der Waals surface area contributed by atoms with E-state index in [9.17, 15) is 9.59 Å². The topological polar surface area (TPSA) is 58.6 Å². The molecule has 0 aromatic heterocycles. The summed E-state index contributed by atoms with van der Waals surface area (Å²) in [4.78, 5) is 26.3. The SMILES string of the molecule is COc1cccc(C(=O)N[C@@H](C)C(=O)N2CCCC2)c1C. The van der Waals surface area contributed by atoms with E-state index < -0.39 is 6.04 Å². The molecule has 5 heteroatoms. The van der Waals surface area contributed by atoms with Crippen LogP contribution >= 0.6 is 0 Å². The Morgan fingerprint density at radius 2 is 1.95 bits per heavy atom. The summed E-state index contributed by atoms with van der Waals surface area (Å²) in [6.07, 6.45) is 2.09. The van der Waals surface area contributed by atoms with Crippen LogP contribution in [-0.2, 0) is 4.79 Å². The molecule has 2 rings (SSSR count). The summed E-state index contributed by atoms with van der Waals surface area (Å²) in [5, 5.41) is 2.78. The van der Waals surface area contributed by atoms with Crippen molar-refractivity contribution in [3.8, 4) is 5.75 Å². The molecular formula is C16H22N2O3. The molecule has 114 valence electrons. The third-order valence-electron chi connectivity index (χ3n) is 3.88. The highest BCUT2D eigenvalue weighted by atomic mass is 16.5. The largest absolute Gasteiger partial charge is 0.496 e. The van der Waals surface area contributed by atoms with Crippen molar-refractivity contribution in [3.05, 3.63) is 29.3 Å². The van der Waals surface area contributed by atoms with E-state index in [0.29, 0.717) is 11.3 Å². The number of hydrogen-bond acceptors (Lipinski definition) is 3. The second-order valence-electron chi connectivity index (χ2n) is 5.36. The van der Waals surface area contributed by atoms with Crippen molar-refractivity contribution in [2.75, 3.05) is 20.2 Å². The van der Waals surface area contributed by atoms with Crippen LogP contribution in [0.1, 0.15) is 35.7 Å². The van der Waals surface area contributed by atoms with Crippen LogP contribution in [-0.4, -0.2) is 43.0 Å². The molecule has 1 heterocycles. The fourth-order valence-electron chi connectivity index (χ4n) is 2.63. The van der Waals surface area contributed by atoms with E-state index >= 15 is 0 Å². The lowest BCUT2D eigenvalue weighted by atomic mass is 10.1. The van der Waals surface area contributed by atoms with Crippen molar-refractivity contribution >= 4 is 11.8 Å². The average molecular weight is 290 g/mol. The van der Waals surface area contributed by atoms with Crippen molar-refractivity contribution in [2.45, 2.75) is 32.7 Å². The molecule has 1 fully saturated rings. The van der Waals surface area contributed by atoms with Crippen LogP contribution in [0.3, 0.4) is 0 Å². The monoisotopic (exact) mass is 290 g/mol. The Kier molecular flexibility index (Phi) is 4.83. The van der Waals surface area contributed by atoms with Gasteiger partial charge in [-0.1, -0.05) is 6.07 Å². The van der Waals surface area contributed by atoms with Gasteiger partial charge in [-0.15, -0.1) is 0 Å². The fourth-order valence-corrected chi connectivity index (χ4v) is 2.63. The van der Waals surface area contributed by atoms with E-state index in [1.54, 1.807) is 26.2 Å². The first-order chi connectivity index (χ1) is 10.0. The van der Waals surface area contributed by atoms with Gasteiger partial charge in [-0.25, -0.2) is 0 Å². The van der Waals surface area contributed by atoms with Crippen LogP contribution in [0.4, 0.5) is 0 Å². The Morgan fingerprint density at radius 1 is 1.29 bits per heavy atom. The maximum atomic E-state index is 12.3. The molecule has 21 heavy (non-hydrogen) atoms. The second kappa shape index (κ2) is 6.61. The smallest absolute Gasteiger partial charge is 0.252 e. The summed E-state index contributed by atoms with van der Waals surface area (Å²) < 4.78 is 5.21. The lowest BCUT2D eigenvalue weighted by Crippen LogP contribution is -2.46. The molecule has 1 N–H and O–H groups in total. The zero-order chi connectivity index (χ0) is 15.4. The number of likely N-dealkylation sites (tertiary alicyclic amines) is 1. The van der Waals surface area contributed by atoms with E-state index in [-0.39, 0.29) is 11.8 Å². The normalized spacial score (nSPS) is 15.7. The van der Waals surface area contributed by atoms with Gasteiger partial charge in [0.15, 0.2) is 0 Å². The van der Waals surface area contributed by atoms with Crippen LogP contribution in [0.5, 0.6) is 5.75 Å². The number of rotatable bonds is 4. The number of nitrogens with one attached hydrogen (secondary N) is 1. The van der Waals surface area contributed by atoms with Gasteiger partial charge in [-0.2, -0.15) is 0 Å². The van der Waals surface area contributed by atoms with Gasteiger partial charge < -0.3 is 15.0 Å². The minimum atomic E-state index is -0.513. The third-order valence-corrected chi connectivity index (χ3v) is 3.88. The van der Waals surface area contributed by atoms with Crippen molar-refractivity contribution in [2.24, 2.45) is 0 Å². The number of carbonyl (C=O) groups is 2. The Balaban J connectivity index is 2.05. The maximum absolute atomic E-state index is 12.3. The highest BCUT2D eigenvalue weighted by Crippen LogP contribution is 2.21. The first kappa shape index (κ1) is 15.4. The fraction of sp³-hybridized carbons (Fsp3) is 0.500. The van der Waals surface area contributed by atoms with Crippen LogP contribution < -0.4 is 10.1 Å². The maximum Gasteiger partial charge on any atom is 0.252 e. The molecule has 1 aromatic rings. The molecule has 0 aliphatic carbocycles. The summed E-state index contributed by atoms with van der Waals surface area (Å²) >= 11 is 0. The first-order valence-electron chi connectivity index (χ1n) is 7.28. The van der Waals surface area contributed by atoms with E-state index in [4.69, 9.17) is 4.74 Å². The number of ether oxygens (including phenoxy) is 1. The van der Waals surface area contributed by atoms with E-state index in [1.807, 2.05) is 17.9 Å². The van der Waals surface area contributed by atoms with Gasteiger partial charge in [0, 0.05) is 24.2 Å². The zero-order valence-electron chi connectivity index (χ0n) is 12.8. The molecule has 0 radical (unpaired) electrons. The van der Waals surface area contributed by atoms with E-state index in [2.05, 4.69) is 5.32 Å². The lowest BCUT2D eigenvalue weighted by molar-refractivity contribution is -0.131. The Bertz CT molecular complexity index is 536. The Morgan fingerprint density at radius 3 is 2.57 bits per heavy atom. The molecule has 0 unspecified atom stereocenters. The van der Waals surface area contributed by atoms with E-state index in [1.165, 1.54) is 0 Å². The Hall–Kier alpha value is -2.04. The molecule has 1 aliphatic rings. The summed E-state index contributed by atoms with van der Waals surface area (Å²) in [5.41, 5.74) is 1.31. The molecule has 0 saturated carbocycles. The number of methoxy groups -OCH3 is 1. The van der Waals surface area contributed by atoms with Gasteiger partial charge in [0.25, 0.3) is 5.91 Å². The van der Waals surface area contributed by atoms with Gasteiger partial charge in [0.1, 0.15) is 11.8 Å². The predicted molar refractivity (Wildman–Crippen MR) is 80.5 cm³/mol. The van der Waals surface area contributed by atoms with Crippen molar-refractivity contribution < 1.29 is 14.3 Å². The molecule has 1 saturated heterocycles. The average Bonchev–Trinajstić information content (AvgIpc) is 3.00. The number of nitrogens with zero attached hydrogens (tertiary/aromatic N) is 1. The van der Waals surface area contributed by atoms with Crippen molar-refractivity contribution in [1.82, 2.24) is 10.2 Å². The number of carbonyl (C=O) groups excluding carboxylic acids is 2. The minimum Gasteiger partial charge on any atom is -0.496 e. The summed E-state index contributed by atoms with van der Waals surface area (Å²) in [7, 11) is 1.57. The van der Waals surface area contributed by atoms with E-state index in [0.717, 1.165) is 31.5 Å². The quantitative estimate of drug-likeness (QED) is 0.919. The molecule has 5 nitrogen and oxygen atoms in total. The number of hydrogen-bond donors (Lipinski definition) is 1. The van der Waals surface area contributed by atoms with Gasteiger partial charge in [0.2, 0.25) is 5.91 Å². The molecule has 2 amide bonds. The Labute approximate surface area is 125 Å². The van der Waals surface area contributed by atoms with Gasteiger partial charge in [-0.05, 0) is 38.8 Å². The number of amides is 2. The molecule has 0 spiro atoms. The zero-order valence-corrected chi connectivity index (χ0v) is 12.8. The third kappa shape index (κ3) is 3.35. The predicted octanol–water partition coefficient (Wildman–Crippen LogP) is 1.74. The van der Waals surface area contributed by atoms with Crippen molar-refractivity contribution in [1.29, 1.82) is 0 Å². The highest BCUT2D eigenvalue weighted by molar-refractivity contribution is 5.99. The van der Waals surface area contributed by atoms with Crippen LogP contribution in [0.15, 0.2) is 18.2 Å². The second-order valence-corrected chi connectivity index (χ2v) is 5.36. The van der Waals surface area contributed by atoms with Crippen LogP contribution in [0.25, 0.3) is 0 Å². The summed E-state index contributed by atoms with van der Waals surface area (Å²) in [5.74, 6) is 0.411. The molecule has 1 atom stereocenters. The van der Waals surface area contributed by atoms with Crippen LogP contribution in [0, 0.1) is 6.92 Å². The van der Waals surface area contributed by atoms with Gasteiger partial charge in [0.05, 0.1) is 7.11 Å². The lowest BCUT2D eigenvalue weighted by Gasteiger charge is -2.21. The van der Waals surface area contributed by atoms with Gasteiger partial charge in [-0.3, -0.25) is 9.59 Å². The molecule has 0 bridgehead atoms. The standard InChI is InChI=1S/C16H22N2O3/c1-11-13(7-6-8-14(11)21-3)15(19)17-12(2)16(20)18-9-4-5-10-18/h6-8,12H,4-5,9-10H2,1-3H3,(H,17,19)/t12-/m0/s1. The van der Waals surface area contributed by atoms with Crippen molar-refractivity contribution in [3.63, 3.8) is 0 Å². The summed E-state index contributed by atoms with van der Waals surface area (Å²) in [6, 6.07) is 4.81. The highest BCUT2D eigenvalue weighted by Gasteiger charge is 2.25. The molecule has 1 aliphatic heterocycles. The van der Waals surface area contributed by atoms with Gasteiger partial charge >= 0.3 is 0 Å². The number of benzene rings is 1.